The number of ether oxygens (including phenoxy) is 1. The number of hydrazine groups is 1. The smallest absolute Gasteiger partial charge is 0.406 e. The molecule has 3 N–H and O–H groups in total. The summed E-state index contributed by atoms with van der Waals surface area (Å²) in [5.74, 6) is 4.84. The van der Waals surface area contributed by atoms with E-state index in [9.17, 15) is 13.2 Å². The highest BCUT2D eigenvalue weighted by Crippen LogP contribution is 2.30. The summed E-state index contributed by atoms with van der Waals surface area (Å²) in [6, 6.07) is 3.93. The van der Waals surface area contributed by atoms with Crippen LogP contribution in [0.1, 0.15) is 0 Å². The Hall–Kier alpha value is -1.54. The van der Waals surface area contributed by atoms with Crippen molar-refractivity contribution in [2.45, 2.75) is 6.36 Å². The van der Waals surface area contributed by atoms with Crippen LogP contribution in [0, 0.1) is 0 Å². The van der Waals surface area contributed by atoms with Gasteiger partial charge in [0, 0.05) is 6.07 Å². The summed E-state index contributed by atoms with van der Waals surface area (Å²) >= 11 is 1.24. The van der Waals surface area contributed by atoms with Crippen molar-refractivity contribution in [3.05, 3.63) is 18.2 Å². The summed E-state index contributed by atoms with van der Waals surface area (Å²) in [5.41, 5.74) is 2.73. The number of halogens is 3. The summed E-state index contributed by atoms with van der Waals surface area (Å²) in [4.78, 5) is 3.96. The predicted octanol–water partition coefficient (Wildman–Crippen LogP) is 2.48. The number of hydrogen-bond donors (Lipinski definition) is 2. The third-order valence-corrected chi connectivity index (χ3v) is 2.68. The van der Waals surface area contributed by atoms with E-state index >= 15 is 0 Å². The Morgan fingerprint density at radius 3 is 2.75 bits per heavy atom. The van der Waals surface area contributed by atoms with Gasteiger partial charge in [-0.2, -0.15) is 0 Å². The topological polar surface area (TPSA) is 60.2 Å². The summed E-state index contributed by atoms with van der Waals surface area (Å²) in [7, 11) is 0. The average Bonchev–Trinajstić information content (AvgIpc) is 2.57. The second-order valence-electron chi connectivity index (χ2n) is 2.84. The third kappa shape index (κ3) is 2.34. The molecule has 2 rings (SSSR count). The molecule has 0 radical (unpaired) electrons. The second kappa shape index (κ2) is 3.80. The van der Waals surface area contributed by atoms with Gasteiger partial charge in [-0.15, -0.1) is 13.2 Å². The Morgan fingerprint density at radius 2 is 2.12 bits per heavy atom. The minimum atomic E-state index is -4.70. The summed E-state index contributed by atoms with van der Waals surface area (Å²) in [5, 5.41) is 0.430. The van der Waals surface area contributed by atoms with E-state index in [0.717, 1.165) is 4.70 Å². The number of anilines is 1. The normalized spacial score (nSPS) is 11.8. The fraction of sp³-hybridized carbons (Fsp3) is 0.125. The van der Waals surface area contributed by atoms with Crippen molar-refractivity contribution >= 4 is 26.7 Å². The highest BCUT2D eigenvalue weighted by atomic mass is 32.1. The molecule has 0 spiro atoms. The summed E-state index contributed by atoms with van der Waals surface area (Å²) in [6.45, 7) is 0. The van der Waals surface area contributed by atoms with Crippen LogP contribution in [0.4, 0.5) is 18.3 Å². The third-order valence-electron chi connectivity index (χ3n) is 1.72. The number of fused-ring (bicyclic) bond motifs is 1. The highest BCUT2D eigenvalue weighted by Gasteiger charge is 2.31. The second-order valence-corrected chi connectivity index (χ2v) is 3.87. The quantitative estimate of drug-likeness (QED) is 0.634. The van der Waals surface area contributed by atoms with E-state index in [4.69, 9.17) is 5.84 Å². The maximum Gasteiger partial charge on any atom is 0.573 e. The minimum Gasteiger partial charge on any atom is -0.406 e. The van der Waals surface area contributed by atoms with E-state index in [2.05, 4.69) is 15.1 Å². The van der Waals surface area contributed by atoms with Crippen molar-refractivity contribution in [3.8, 4) is 5.75 Å². The van der Waals surface area contributed by atoms with E-state index in [-0.39, 0.29) is 5.75 Å². The van der Waals surface area contributed by atoms with Crippen LogP contribution >= 0.6 is 11.3 Å². The molecule has 1 heterocycles. The molecule has 0 unspecified atom stereocenters. The van der Waals surface area contributed by atoms with Gasteiger partial charge in [0.1, 0.15) is 5.75 Å². The lowest BCUT2D eigenvalue weighted by atomic mass is 10.3. The van der Waals surface area contributed by atoms with Crippen molar-refractivity contribution < 1.29 is 17.9 Å². The first kappa shape index (κ1) is 11.0. The molecule has 8 heteroatoms. The van der Waals surface area contributed by atoms with Gasteiger partial charge in [0.15, 0.2) is 5.13 Å². The first-order valence-electron chi connectivity index (χ1n) is 4.11. The molecule has 0 aliphatic carbocycles. The first-order chi connectivity index (χ1) is 7.48. The Kier molecular flexibility index (Phi) is 2.60. The Bertz CT molecular complexity index is 511. The molecule has 1 aromatic heterocycles. The van der Waals surface area contributed by atoms with Crippen LogP contribution in [0.2, 0.25) is 0 Å². The van der Waals surface area contributed by atoms with Crippen LogP contribution in [-0.2, 0) is 0 Å². The Morgan fingerprint density at radius 1 is 1.38 bits per heavy atom. The Balaban J connectivity index is 2.36. The molecule has 0 saturated carbocycles. The number of nitrogens with two attached hydrogens (primary N) is 1. The lowest BCUT2D eigenvalue weighted by Gasteiger charge is -2.07. The minimum absolute atomic E-state index is 0.297. The van der Waals surface area contributed by atoms with Crippen LogP contribution in [0.15, 0.2) is 18.2 Å². The fourth-order valence-corrected chi connectivity index (χ4v) is 1.92. The molecule has 86 valence electrons. The molecule has 2 aromatic rings. The van der Waals surface area contributed by atoms with Crippen molar-refractivity contribution in [2.75, 3.05) is 5.43 Å². The maximum absolute atomic E-state index is 11.9. The number of benzene rings is 1. The molecular formula is C8H6F3N3OS. The lowest BCUT2D eigenvalue weighted by Crippen LogP contribution is -2.16. The van der Waals surface area contributed by atoms with Gasteiger partial charge >= 0.3 is 6.36 Å². The van der Waals surface area contributed by atoms with E-state index in [1.54, 1.807) is 0 Å². The number of aromatic nitrogens is 1. The van der Waals surface area contributed by atoms with E-state index in [0.29, 0.717) is 10.6 Å². The van der Waals surface area contributed by atoms with Gasteiger partial charge < -0.3 is 4.74 Å². The number of nitrogens with zero attached hydrogens (tertiary/aromatic N) is 1. The van der Waals surface area contributed by atoms with Gasteiger partial charge in [-0.1, -0.05) is 11.3 Å². The molecule has 0 amide bonds. The molecule has 16 heavy (non-hydrogen) atoms. The molecule has 0 atom stereocenters. The lowest BCUT2D eigenvalue weighted by molar-refractivity contribution is -0.274. The summed E-state index contributed by atoms with van der Waals surface area (Å²) in [6.07, 6.45) is -4.70. The van der Waals surface area contributed by atoms with Crippen LogP contribution in [0.3, 0.4) is 0 Å². The molecular weight excluding hydrogens is 243 g/mol. The van der Waals surface area contributed by atoms with Gasteiger partial charge in [0.2, 0.25) is 0 Å². The molecule has 0 aliphatic rings. The van der Waals surface area contributed by atoms with Crippen LogP contribution < -0.4 is 16.0 Å². The molecule has 4 nitrogen and oxygen atoms in total. The van der Waals surface area contributed by atoms with E-state index in [1.807, 2.05) is 0 Å². The largest absolute Gasteiger partial charge is 0.573 e. The number of nitrogen functional groups attached to an aromatic ring is 1. The van der Waals surface area contributed by atoms with Crippen molar-refractivity contribution in [3.63, 3.8) is 0 Å². The molecule has 0 fully saturated rings. The van der Waals surface area contributed by atoms with Gasteiger partial charge in [-0.05, 0) is 12.1 Å². The van der Waals surface area contributed by atoms with Gasteiger partial charge in [0.05, 0.1) is 10.2 Å². The number of rotatable bonds is 2. The van der Waals surface area contributed by atoms with E-state index in [1.165, 1.54) is 29.5 Å². The zero-order valence-corrected chi connectivity index (χ0v) is 8.52. The monoisotopic (exact) mass is 249 g/mol. The van der Waals surface area contributed by atoms with Crippen molar-refractivity contribution in [2.24, 2.45) is 5.84 Å². The van der Waals surface area contributed by atoms with Gasteiger partial charge in [-0.3, -0.25) is 5.43 Å². The van der Waals surface area contributed by atoms with Gasteiger partial charge in [0.25, 0.3) is 0 Å². The predicted molar refractivity (Wildman–Crippen MR) is 54.1 cm³/mol. The number of alkyl halides is 3. The molecule has 0 saturated heterocycles. The molecule has 1 aromatic carbocycles. The first-order valence-corrected chi connectivity index (χ1v) is 4.92. The number of hydrogen-bond acceptors (Lipinski definition) is 5. The fourth-order valence-electron chi connectivity index (χ4n) is 1.17. The van der Waals surface area contributed by atoms with Gasteiger partial charge in [-0.25, -0.2) is 10.8 Å². The number of thiazole rings is 1. The van der Waals surface area contributed by atoms with Crippen molar-refractivity contribution in [1.29, 1.82) is 0 Å². The summed E-state index contributed by atoms with van der Waals surface area (Å²) < 4.78 is 40.3. The highest BCUT2D eigenvalue weighted by molar-refractivity contribution is 7.22. The maximum atomic E-state index is 11.9. The number of nitrogens with one attached hydrogen (secondary N) is 1. The zero-order chi connectivity index (χ0) is 11.8. The standard InChI is InChI=1S/C8H6F3N3OS/c9-8(10,11)15-4-1-2-6-5(3-4)13-7(14-12)16-6/h1-3H,12H2,(H,13,14). The van der Waals surface area contributed by atoms with Crippen LogP contribution in [0.5, 0.6) is 5.75 Å². The van der Waals surface area contributed by atoms with Crippen molar-refractivity contribution in [1.82, 2.24) is 4.98 Å². The van der Waals surface area contributed by atoms with E-state index < -0.39 is 6.36 Å². The van der Waals surface area contributed by atoms with Crippen LogP contribution in [-0.4, -0.2) is 11.3 Å². The van der Waals surface area contributed by atoms with Crippen LogP contribution in [0.25, 0.3) is 10.2 Å². The SMILES string of the molecule is NNc1nc2cc(OC(F)(F)F)ccc2s1. The Labute approximate surface area is 91.8 Å². The molecule has 0 aliphatic heterocycles. The molecule has 0 bridgehead atoms. The zero-order valence-electron chi connectivity index (χ0n) is 7.71. The average molecular weight is 249 g/mol.